The van der Waals surface area contributed by atoms with Crippen LogP contribution in [-0.2, 0) is 0 Å². The zero-order valence-corrected chi connectivity index (χ0v) is 11.4. The number of benzene rings is 1. The largest absolute Gasteiger partial charge is 0.388 e. The van der Waals surface area contributed by atoms with E-state index < -0.39 is 0 Å². The van der Waals surface area contributed by atoms with Gasteiger partial charge in [-0.1, -0.05) is 30.7 Å². The average molecular weight is 250 g/mol. The molecule has 1 unspecified atom stereocenters. The number of rotatable bonds is 6. The Bertz CT molecular complexity index is 347. The molecule has 1 N–H and O–H groups in total. The highest BCUT2D eigenvalue weighted by Gasteiger charge is 2.20. The van der Waals surface area contributed by atoms with Crippen LogP contribution in [0.4, 0.5) is 0 Å². The molecule has 1 aliphatic rings. The predicted molar refractivity (Wildman–Crippen MR) is 75.6 cm³/mol. The Balaban J connectivity index is 1.94. The third-order valence-corrected chi connectivity index (χ3v) is 4.39. The summed E-state index contributed by atoms with van der Waals surface area (Å²) in [5.74, 6) is 1.90. The van der Waals surface area contributed by atoms with Crippen molar-refractivity contribution in [3.63, 3.8) is 0 Å². The third kappa shape index (κ3) is 3.49. The summed E-state index contributed by atoms with van der Waals surface area (Å²) in [5.41, 5.74) is 2.54. The lowest BCUT2D eigenvalue weighted by atomic mass is 9.79. The summed E-state index contributed by atoms with van der Waals surface area (Å²) >= 11 is 1.85. The van der Waals surface area contributed by atoms with Gasteiger partial charge in [-0.25, -0.2) is 0 Å². The molecule has 0 amide bonds. The van der Waals surface area contributed by atoms with E-state index in [9.17, 15) is 5.11 Å². The molecule has 1 fully saturated rings. The topological polar surface area (TPSA) is 20.2 Å². The molecule has 0 saturated heterocycles. The van der Waals surface area contributed by atoms with Crippen molar-refractivity contribution >= 4 is 11.8 Å². The van der Waals surface area contributed by atoms with Gasteiger partial charge in [-0.05, 0) is 54.7 Å². The first-order chi connectivity index (χ1) is 8.31. The van der Waals surface area contributed by atoms with E-state index in [1.165, 1.54) is 24.8 Å². The van der Waals surface area contributed by atoms with Gasteiger partial charge in [0.25, 0.3) is 0 Å². The fraction of sp³-hybridized carbons (Fsp3) is 0.600. The van der Waals surface area contributed by atoms with Crippen molar-refractivity contribution in [3.05, 3.63) is 35.4 Å². The molecule has 2 heteroatoms. The number of hydrogen-bond donors (Lipinski definition) is 1. The summed E-state index contributed by atoms with van der Waals surface area (Å²) in [6, 6.07) is 8.59. The standard InChI is InChI=1S/C15H22OS/c1-17-10-4-9-15(16)14-8-3-7-13(11-14)12-5-2-6-12/h3,7-8,11-12,15-16H,2,4-6,9-10H2,1H3. The second-order valence-corrected chi connectivity index (χ2v) is 5.93. The number of thioether (sulfide) groups is 1. The second-order valence-electron chi connectivity index (χ2n) is 4.95. The van der Waals surface area contributed by atoms with E-state index in [1.54, 1.807) is 0 Å². The Labute approximate surface area is 109 Å². The van der Waals surface area contributed by atoms with Crippen LogP contribution in [0.2, 0.25) is 0 Å². The molecule has 1 nitrogen and oxygen atoms in total. The first kappa shape index (κ1) is 13.0. The molecule has 0 heterocycles. The molecule has 0 aliphatic heterocycles. The maximum Gasteiger partial charge on any atom is 0.0790 e. The Kier molecular flexibility index (Phi) is 4.93. The van der Waals surface area contributed by atoms with Crippen LogP contribution in [0, 0.1) is 0 Å². The Morgan fingerprint density at radius 3 is 2.88 bits per heavy atom. The quantitative estimate of drug-likeness (QED) is 0.766. The van der Waals surface area contributed by atoms with Crippen molar-refractivity contribution < 1.29 is 5.11 Å². The SMILES string of the molecule is CSCCCC(O)c1cccc(C2CCC2)c1. The van der Waals surface area contributed by atoms with Crippen molar-refractivity contribution in [1.82, 2.24) is 0 Å². The van der Waals surface area contributed by atoms with Crippen LogP contribution < -0.4 is 0 Å². The van der Waals surface area contributed by atoms with E-state index in [4.69, 9.17) is 0 Å². The molecule has 2 rings (SSSR count). The highest BCUT2D eigenvalue weighted by molar-refractivity contribution is 7.98. The van der Waals surface area contributed by atoms with Crippen LogP contribution >= 0.6 is 11.8 Å². The Morgan fingerprint density at radius 2 is 2.24 bits per heavy atom. The fourth-order valence-electron chi connectivity index (χ4n) is 2.35. The zero-order chi connectivity index (χ0) is 12.1. The van der Waals surface area contributed by atoms with E-state index in [-0.39, 0.29) is 6.10 Å². The highest BCUT2D eigenvalue weighted by Crippen LogP contribution is 2.37. The van der Waals surface area contributed by atoms with Crippen LogP contribution in [-0.4, -0.2) is 17.1 Å². The normalized spacial score (nSPS) is 17.8. The van der Waals surface area contributed by atoms with Crippen molar-refractivity contribution in [2.24, 2.45) is 0 Å². The van der Waals surface area contributed by atoms with Crippen molar-refractivity contribution in [2.45, 2.75) is 44.1 Å². The van der Waals surface area contributed by atoms with E-state index >= 15 is 0 Å². The van der Waals surface area contributed by atoms with E-state index in [2.05, 4.69) is 30.5 Å². The van der Waals surface area contributed by atoms with Gasteiger partial charge in [0.05, 0.1) is 6.10 Å². The maximum absolute atomic E-state index is 10.1. The first-order valence-electron chi connectivity index (χ1n) is 6.58. The molecule has 0 bridgehead atoms. The Morgan fingerprint density at radius 1 is 1.41 bits per heavy atom. The van der Waals surface area contributed by atoms with E-state index in [0.717, 1.165) is 30.1 Å². The molecule has 0 radical (unpaired) electrons. The van der Waals surface area contributed by atoms with Crippen molar-refractivity contribution in [2.75, 3.05) is 12.0 Å². The molecule has 1 saturated carbocycles. The molecule has 17 heavy (non-hydrogen) atoms. The van der Waals surface area contributed by atoms with Crippen LogP contribution in [0.3, 0.4) is 0 Å². The lowest BCUT2D eigenvalue weighted by Gasteiger charge is -2.26. The van der Waals surface area contributed by atoms with Gasteiger partial charge < -0.3 is 5.11 Å². The monoisotopic (exact) mass is 250 g/mol. The molecule has 1 aromatic carbocycles. The fourth-order valence-corrected chi connectivity index (χ4v) is 2.80. The molecular formula is C15H22OS. The van der Waals surface area contributed by atoms with Crippen molar-refractivity contribution in [3.8, 4) is 0 Å². The number of hydrogen-bond acceptors (Lipinski definition) is 2. The molecular weight excluding hydrogens is 228 g/mol. The summed E-state index contributed by atoms with van der Waals surface area (Å²) in [6.45, 7) is 0. The number of aliphatic hydroxyl groups excluding tert-OH is 1. The summed E-state index contributed by atoms with van der Waals surface area (Å²) in [5, 5.41) is 10.1. The summed E-state index contributed by atoms with van der Waals surface area (Å²) in [6.07, 6.45) is 7.83. The first-order valence-corrected chi connectivity index (χ1v) is 7.97. The van der Waals surface area contributed by atoms with Gasteiger partial charge in [0.15, 0.2) is 0 Å². The van der Waals surface area contributed by atoms with Gasteiger partial charge in [-0.15, -0.1) is 0 Å². The van der Waals surface area contributed by atoms with Gasteiger partial charge >= 0.3 is 0 Å². The zero-order valence-electron chi connectivity index (χ0n) is 10.6. The van der Waals surface area contributed by atoms with Crippen LogP contribution in [0.5, 0.6) is 0 Å². The average Bonchev–Trinajstić information content (AvgIpc) is 2.27. The smallest absolute Gasteiger partial charge is 0.0790 e. The maximum atomic E-state index is 10.1. The minimum atomic E-state index is -0.276. The summed E-state index contributed by atoms with van der Waals surface area (Å²) < 4.78 is 0. The minimum Gasteiger partial charge on any atom is -0.388 e. The van der Waals surface area contributed by atoms with Gasteiger partial charge in [-0.2, -0.15) is 11.8 Å². The van der Waals surface area contributed by atoms with Crippen LogP contribution in [0.25, 0.3) is 0 Å². The lowest BCUT2D eigenvalue weighted by Crippen LogP contribution is -2.09. The van der Waals surface area contributed by atoms with Crippen molar-refractivity contribution in [1.29, 1.82) is 0 Å². The van der Waals surface area contributed by atoms with Crippen LogP contribution in [0.15, 0.2) is 24.3 Å². The van der Waals surface area contributed by atoms with Gasteiger partial charge in [0.2, 0.25) is 0 Å². The Hall–Kier alpha value is -0.470. The minimum absolute atomic E-state index is 0.276. The van der Waals surface area contributed by atoms with E-state index in [0.29, 0.717) is 0 Å². The van der Waals surface area contributed by atoms with E-state index in [1.807, 2.05) is 11.8 Å². The molecule has 1 atom stereocenters. The van der Waals surface area contributed by atoms with Gasteiger partial charge in [-0.3, -0.25) is 0 Å². The molecule has 94 valence electrons. The predicted octanol–water partition coefficient (Wildman–Crippen LogP) is 4.13. The summed E-state index contributed by atoms with van der Waals surface area (Å²) in [4.78, 5) is 0. The molecule has 0 spiro atoms. The van der Waals surface area contributed by atoms with Gasteiger partial charge in [0, 0.05) is 0 Å². The van der Waals surface area contributed by atoms with Crippen LogP contribution in [0.1, 0.15) is 55.3 Å². The molecule has 0 aromatic heterocycles. The summed E-state index contributed by atoms with van der Waals surface area (Å²) in [7, 11) is 0. The molecule has 1 aromatic rings. The third-order valence-electron chi connectivity index (χ3n) is 3.70. The second kappa shape index (κ2) is 6.46. The number of aliphatic hydroxyl groups is 1. The lowest BCUT2D eigenvalue weighted by molar-refractivity contribution is 0.166. The van der Waals surface area contributed by atoms with Gasteiger partial charge in [0.1, 0.15) is 0 Å². The molecule has 1 aliphatic carbocycles. The highest BCUT2D eigenvalue weighted by atomic mass is 32.2.